The van der Waals surface area contributed by atoms with Gasteiger partial charge in [-0.05, 0) is 45.3 Å². The third-order valence-electron chi connectivity index (χ3n) is 3.81. The van der Waals surface area contributed by atoms with E-state index in [1.807, 2.05) is 17.5 Å². The van der Waals surface area contributed by atoms with Crippen LogP contribution in [0.1, 0.15) is 36.7 Å². The molecule has 0 bridgehead atoms. The van der Waals surface area contributed by atoms with E-state index in [9.17, 15) is 0 Å². The third-order valence-corrected chi connectivity index (χ3v) is 4.69. The lowest BCUT2D eigenvalue weighted by Crippen LogP contribution is -2.42. The molecule has 1 aromatic heterocycles. The van der Waals surface area contributed by atoms with Crippen LogP contribution in [0.2, 0.25) is 0 Å². The number of thiazole rings is 1. The van der Waals surface area contributed by atoms with Gasteiger partial charge in [0.25, 0.3) is 0 Å². The van der Waals surface area contributed by atoms with Crippen molar-refractivity contribution in [2.75, 3.05) is 19.6 Å². The maximum Gasteiger partial charge on any atom is 0.110 e. The topological polar surface area (TPSA) is 28.2 Å². The van der Waals surface area contributed by atoms with Crippen LogP contribution in [-0.4, -0.2) is 35.6 Å². The molecule has 2 fully saturated rings. The summed E-state index contributed by atoms with van der Waals surface area (Å²) in [6, 6.07) is 1.40. The second-order valence-electron chi connectivity index (χ2n) is 4.75. The van der Waals surface area contributed by atoms with Crippen LogP contribution in [0.5, 0.6) is 0 Å². The summed E-state index contributed by atoms with van der Waals surface area (Å²) in [6.45, 7) is 3.65. The predicted octanol–water partition coefficient (Wildman–Crippen LogP) is 2.88. The van der Waals surface area contributed by atoms with Gasteiger partial charge >= 0.3 is 0 Å². The Balaban J connectivity index is 0.000000810. The SMILES string of the molecule is Cl.Cl.c1csc([C@H]2CCCN2C2CCNCC2)n1. The maximum atomic E-state index is 4.50. The third kappa shape index (κ3) is 3.36. The zero-order chi connectivity index (χ0) is 10.8. The molecule has 1 N–H and O–H groups in total. The first-order valence-corrected chi connectivity index (χ1v) is 7.19. The van der Waals surface area contributed by atoms with Gasteiger partial charge in [-0.2, -0.15) is 0 Å². The predicted molar refractivity (Wildman–Crippen MR) is 81.2 cm³/mol. The second kappa shape index (κ2) is 7.65. The van der Waals surface area contributed by atoms with Gasteiger partial charge in [0.05, 0.1) is 6.04 Å². The van der Waals surface area contributed by atoms with Crippen LogP contribution in [0, 0.1) is 0 Å². The van der Waals surface area contributed by atoms with E-state index < -0.39 is 0 Å². The number of rotatable bonds is 2. The first-order chi connectivity index (χ1) is 7.95. The molecule has 0 saturated carbocycles. The Kier molecular flexibility index (Phi) is 6.88. The van der Waals surface area contributed by atoms with Gasteiger partial charge in [0.1, 0.15) is 5.01 Å². The van der Waals surface area contributed by atoms with Gasteiger partial charge in [0.2, 0.25) is 0 Å². The molecule has 3 rings (SSSR count). The molecule has 0 unspecified atom stereocenters. The van der Waals surface area contributed by atoms with Crippen LogP contribution < -0.4 is 5.32 Å². The number of piperidine rings is 1. The fourth-order valence-corrected chi connectivity index (χ4v) is 3.82. The van der Waals surface area contributed by atoms with Gasteiger partial charge in [-0.1, -0.05) is 0 Å². The van der Waals surface area contributed by atoms with Crippen molar-refractivity contribution in [1.29, 1.82) is 0 Å². The first-order valence-electron chi connectivity index (χ1n) is 6.31. The molecule has 0 radical (unpaired) electrons. The molecule has 0 amide bonds. The van der Waals surface area contributed by atoms with Crippen molar-refractivity contribution >= 4 is 36.2 Å². The Bertz CT molecular complexity index is 328. The van der Waals surface area contributed by atoms with Crippen LogP contribution in [0.4, 0.5) is 0 Å². The van der Waals surface area contributed by atoms with Crippen molar-refractivity contribution in [2.24, 2.45) is 0 Å². The summed E-state index contributed by atoms with van der Waals surface area (Å²) in [4.78, 5) is 7.21. The molecule has 1 atom stereocenters. The molecular formula is C12H21Cl2N3S. The fourth-order valence-electron chi connectivity index (χ4n) is 3.03. The number of halogens is 2. The Morgan fingerprint density at radius 3 is 2.67 bits per heavy atom. The highest BCUT2D eigenvalue weighted by atomic mass is 35.5. The van der Waals surface area contributed by atoms with Gasteiger partial charge < -0.3 is 5.32 Å². The lowest BCUT2D eigenvalue weighted by molar-refractivity contribution is 0.148. The van der Waals surface area contributed by atoms with Gasteiger partial charge in [-0.25, -0.2) is 4.98 Å². The molecule has 2 aliphatic rings. The van der Waals surface area contributed by atoms with Crippen molar-refractivity contribution in [3.8, 4) is 0 Å². The number of hydrogen-bond acceptors (Lipinski definition) is 4. The van der Waals surface area contributed by atoms with Crippen LogP contribution in [0.25, 0.3) is 0 Å². The quantitative estimate of drug-likeness (QED) is 0.910. The molecule has 0 spiro atoms. The Morgan fingerprint density at radius 2 is 2.00 bits per heavy atom. The average Bonchev–Trinajstić information content (AvgIpc) is 3.01. The molecule has 0 aliphatic carbocycles. The normalized spacial score (nSPS) is 25.4. The molecule has 0 aromatic carbocycles. The Morgan fingerprint density at radius 1 is 1.22 bits per heavy atom. The molecule has 3 nitrogen and oxygen atoms in total. The van der Waals surface area contributed by atoms with Crippen LogP contribution in [-0.2, 0) is 0 Å². The lowest BCUT2D eigenvalue weighted by Gasteiger charge is -2.35. The van der Waals surface area contributed by atoms with Crippen LogP contribution in [0.15, 0.2) is 11.6 Å². The molecular weight excluding hydrogens is 289 g/mol. The summed E-state index contributed by atoms with van der Waals surface area (Å²) < 4.78 is 0. The van der Waals surface area contributed by atoms with Crippen molar-refractivity contribution in [1.82, 2.24) is 15.2 Å². The standard InChI is InChI=1S/C12H19N3S.2ClH/c1-2-11(12-14-7-9-16-12)15(8-1)10-3-5-13-6-4-10;;/h7,9-11,13H,1-6,8H2;2*1H/t11-;;/m1../s1. The number of hydrogen-bond donors (Lipinski definition) is 1. The summed E-state index contributed by atoms with van der Waals surface area (Å²) in [7, 11) is 0. The first kappa shape index (κ1) is 16.2. The van der Waals surface area contributed by atoms with E-state index in [4.69, 9.17) is 0 Å². The van der Waals surface area contributed by atoms with E-state index in [-0.39, 0.29) is 24.8 Å². The van der Waals surface area contributed by atoms with Crippen LogP contribution >= 0.6 is 36.2 Å². The zero-order valence-corrected chi connectivity index (χ0v) is 12.8. The van der Waals surface area contributed by atoms with Gasteiger partial charge in [0, 0.05) is 17.6 Å². The molecule has 3 heterocycles. The molecule has 1 aromatic rings. The smallest absolute Gasteiger partial charge is 0.110 e. The largest absolute Gasteiger partial charge is 0.317 e. The number of nitrogens with one attached hydrogen (secondary N) is 1. The Hall–Kier alpha value is 0.130. The van der Waals surface area contributed by atoms with Crippen molar-refractivity contribution < 1.29 is 0 Å². The summed E-state index contributed by atoms with van der Waals surface area (Å²) in [6.07, 6.45) is 7.20. The average molecular weight is 310 g/mol. The number of nitrogens with zero attached hydrogens (tertiary/aromatic N) is 2. The number of likely N-dealkylation sites (tertiary alicyclic amines) is 1. The molecule has 18 heavy (non-hydrogen) atoms. The van der Waals surface area contributed by atoms with Crippen molar-refractivity contribution in [3.05, 3.63) is 16.6 Å². The highest BCUT2D eigenvalue weighted by Crippen LogP contribution is 2.36. The molecule has 104 valence electrons. The van der Waals surface area contributed by atoms with Crippen molar-refractivity contribution in [3.63, 3.8) is 0 Å². The van der Waals surface area contributed by atoms with E-state index >= 15 is 0 Å². The summed E-state index contributed by atoms with van der Waals surface area (Å²) >= 11 is 1.82. The zero-order valence-electron chi connectivity index (χ0n) is 10.4. The fraction of sp³-hybridized carbons (Fsp3) is 0.750. The van der Waals surface area contributed by atoms with Crippen molar-refractivity contribution in [2.45, 2.75) is 37.8 Å². The summed E-state index contributed by atoms with van der Waals surface area (Å²) in [5, 5.41) is 6.88. The summed E-state index contributed by atoms with van der Waals surface area (Å²) in [5.41, 5.74) is 0. The maximum absolute atomic E-state index is 4.50. The highest BCUT2D eigenvalue weighted by Gasteiger charge is 2.33. The van der Waals surface area contributed by atoms with Gasteiger partial charge in [0.15, 0.2) is 0 Å². The molecule has 2 aliphatic heterocycles. The lowest BCUT2D eigenvalue weighted by atomic mass is 10.0. The van der Waals surface area contributed by atoms with E-state index in [1.54, 1.807) is 0 Å². The van der Waals surface area contributed by atoms with Gasteiger partial charge in [-0.3, -0.25) is 4.90 Å². The molecule has 6 heteroatoms. The van der Waals surface area contributed by atoms with E-state index in [2.05, 4.69) is 20.6 Å². The van der Waals surface area contributed by atoms with E-state index in [1.165, 1.54) is 50.3 Å². The van der Waals surface area contributed by atoms with E-state index in [0.717, 1.165) is 6.04 Å². The highest BCUT2D eigenvalue weighted by molar-refractivity contribution is 7.09. The molecule has 2 saturated heterocycles. The van der Waals surface area contributed by atoms with E-state index in [0.29, 0.717) is 6.04 Å². The minimum atomic E-state index is 0. The summed E-state index contributed by atoms with van der Waals surface area (Å²) in [5.74, 6) is 0. The Labute approximate surface area is 125 Å². The monoisotopic (exact) mass is 309 g/mol. The second-order valence-corrected chi connectivity index (χ2v) is 5.67. The van der Waals surface area contributed by atoms with Gasteiger partial charge in [-0.15, -0.1) is 36.2 Å². The minimum Gasteiger partial charge on any atom is -0.317 e. The minimum absolute atomic E-state index is 0. The van der Waals surface area contributed by atoms with Crippen LogP contribution in [0.3, 0.4) is 0 Å². The number of aromatic nitrogens is 1.